The van der Waals surface area contributed by atoms with Crippen molar-refractivity contribution < 1.29 is 9.53 Å². The molecule has 0 aromatic carbocycles. The Morgan fingerprint density at radius 1 is 0.640 bits per heavy atom. The summed E-state index contributed by atoms with van der Waals surface area (Å²) < 4.78 is 5.20. The van der Waals surface area contributed by atoms with E-state index in [2.05, 4.69) is 26.0 Å². The maximum absolute atomic E-state index is 11.5. The van der Waals surface area contributed by atoms with Crippen LogP contribution in [0.1, 0.15) is 110 Å². The maximum atomic E-state index is 11.5. The van der Waals surface area contributed by atoms with E-state index in [-0.39, 0.29) is 5.97 Å². The molecule has 0 rings (SSSR count). The molecule has 0 aromatic heterocycles. The third kappa shape index (κ3) is 20.9. The molecule has 0 aromatic rings. The van der Waals surface area contributed by atoms with E-state index >= 15 is 0 Å². The summed E-state index contributed by atoms with van der Waals surface area (Å²) in [5.41, 5.74) is 0. The second-order valence-corrected chi connectivity index (χ2v) is 6.94. The lowest BCUT2D eigenvalue weighted by Crippen LogP contribution is -2.01. The molecule has 0 atom stereocenters. The molecule has 0 radical (unpaired) electrons. The van der Waals surface area contributed by atoms with Crippen LogP contribution in [0.4, 0.5) is 0 Å². The molecule has 146 valence electrons. The van der Waals surface area contributed by atoms with Gasteiger partial charge in [-0.05, 0) is 32.1 Å². The smallest absolute Gasteiger partial charge is 0.330 e. The molecule has 0 saturated heterocycles. The molecule has 0 N–H and O–H groups in total. The number of hydrogen-bond acceptors (Lipinski definition) is 2. The lowest BCUT2D eigenvalue weighted by molar-refractivity contribution is -0.137. The molecule has 0 amide bonds. The van der Waals surface area contributed by atoms with Crippen molar-refractivity contribution in [1.82, 2.24) is 0 Å². The van der Waals surface area contributed by atoms with E-state index in [1.165, 1.54) is 77.0 Å². The van der Waals surface area contributed by atoms with E-state index in [9.17, 15) is 4.79 Å². The Balaban J connectivity index is 3.34. The second-order valence-electron chi connectivity index (χ2n) is 6.94. The van der Waals surface area contributed by atoms with E-state index in [1.807, 2.05) is 6.08 Å². The number of allylic oxidation sites excluding steroid dienone is 2. The largest absolute Gasteiger partial charge is 0.462 e. The Morgan fingerprint density at radius 2 is 1.12 bits per heavy atom. The standard InChI is InChI=1S/C23H42O2/c1-3-5-7-9-11-13-14-16-18-20-22-25-23(24)21-19-17-15-12-10-8-6-4-2/h16,18-19,21H,3-15,17,20,22H2,1-2H3/b18-16+,21-19-. The van der Waals surface area contributed by atoms with Crippen LogP contribution in [-0.4, -0.2) is 12.6 Å². The fraction of sp³-hybridized carbons (Fsp3) is 0.783. The van der Waals surface area contributed by atoms with E-state index in [0.717, 1.165) is 19.3 Å². The number of ether oxygens (including phenoxy) is 1. The molecule has 0 aliphatic heterocycles. The van der Waals surface area contributed by atoms with Crippen molar-refractivity contribution in [1.29, 1.82) is 0 Å². The van der Waals surface area contributed by atoms with E-state index in [1.54, 1.807) is 6.08 Å². The van der Waals surface area contributed by atoms with Crippen LogP contribution in [0.2, 0.25) is 0 Å². The van der Waals surface area contributed by atoms with Crippen LogP contribution in [-0.2, 0) is 9.53 Å². The maximum Gasteiger partial charge on any atom is 0.330 e. The van der Waals surface area contributed by atoms with Gasteiger partial charge in [-0.25, -0.2) is 4.79 Å². The quantitative estimate of drug-likeness (QED) is 0.110. The summed E-state index contributed by atoms with van der Waals surface area (Å²) in [6.07, 6.45) is 26.6. The SMILES string of the molecule is CCCCCCCC/C=C\C(=O)OCC/C=C/CCCCCCCC. The van der Waals surface area contributed by atoms with Gasteiger partial charge >= 0.3 is 5.97 Å². The molecular weight excluding hydrogens is 308 g/mol. The van der Waals surface area contributed by atoms with Crippen molar-refractivity contribution in [2.45, 2.75) is 110 Å². The van der Waals surface area contributed by atoms with E-state index in [4.69, 9.17) is 4.74 Å². The van der Waals surface area contributed by atoms with Crippen LogP contribution in [0.3, 0.4) is 0 Å². The van der Waals surface area contributed by atoms with E-state index < -0.39 is 0 Å². The zero-order valence-electron chi connectivity index (χ0n) is 16.9. The van der Waals surface area contributed by atoms with Crippen molar-refractivity contribution in [2.75, 3.05) is 6.61 Å². The minimum absolute atomic E-state index is 0.199. The first-order chi connectivity index (χ1) is 12.3. The summed E-state index contributed by atoms with van der Waals surface area (Å²) in [5, 5.41) is 0. The highest BCUT2D eigenvalue weighted by Gasteiger charge is 1.95. The van der Waals surface area contributed by atoms with Gasteiger partial charge in [0.25, 0.3) is 0 Å². The van der Waals surface area contributed by atoms with Gasteiger partial charge in [0.1, 0.15) is 0 Å². The molecule has 0 heterocycles. The first-order valence-corrected chi connectivity index (χ1v) is 10.8. The molecule has 0 aliphatic carbocycles. The van der Waals surface area contributed by atoms with Gasteiger partial charge in [0.15, 0.2) is 0 Å². The summed E-state index contributed by atoms with van der Waals surface area (Å²) in [6, 6.07) is 0. The number of hydrogen-bond donors (Lipinski definition) is 0. The van der Waals surface area contributed by atoms with Crippen molar-refractivity contribution in [3.05, 3.63) is 24.3 Å². The predicted molar refractivity (Wildman–Crippen MR) is 110 cm³/mol. The molecule has 0 bridgehead atoms. The molecule has 2 heteroatoms. The lowest BCUT2D eigenvalue weighted by atomic mass is 10.1. The molecule has 2 nitrogen and oxygen atoms in total. The van der Waals surface area contributed by atoms with Gasteiger partial charge < -0.3 is 4.74 Å². The normalized spacial score (nSPS) is 11.6. The van der Waals surface area contributed by atoms with Crippen molar-refractivity contribution >= 4 is 5.97 Å². The average Bonchev–Trinajstić information content (AvgIpc) is 2.62. The van der Waals surface area contributed by atoms with Gasteiger partial charge in [-0.15, -0.1) is 0 Å². The van der Waals surface area contributed by atoms with Crippen molar-refractivity contribution in [2.24, 2.45) is 0 Å². The third-order valence-corrected chi connectivity index (χ3v) is 4.40. The summed E-state index contributed by atoms with van der Waals surface area (Å²) in [4.78, 5) is 11.5. The van der Waals surface area contributed by atoms with Gasteiger partial charge in [0, 0.05) is 6.08 Å². The van der Waals surface area contributed by atoms with Crippen LogP contribution in [0.5, 0.6) is 0 Å². The molecule has 0 spiro atoms. The first-order valence-electron chi connectivity index (χ1n) is 10.8. The molecular formula is C23H42O2. The number of rotatable bonds is 18. The van der Waals surface area contributed by atoms with Crippen LogP contribution in [0.15, 0.2) is 24.3 Å². The molecule has 0 saturated carbocycles. The zero-order chi connectivity index (χ0) is 18.4. The zero-order valence-corrected chi connectivity index (χ0v) is 16.9. The highest BCUT2D eigenvalue weighted by molar-refractivity contribution is 5.81. The van der Waals surface area contributed by atoms with Crippen LogP contribution in [0, 0.1) is 0 Å². The summed E-state index contributed by atoms with van der Waals surface area (Å²) in [7, 11) is 0. The van der Waals surface area contributed by atoms with Gasteiger partial charge in [0.05, 0.1) is 6.61 Å². The van der Waals surface area contributed by atoms with Gasteiger partial charge in [-0.2, -0.15) is 0 Å². The fourth-order valence-electron chi connectivity index (χ4n) is 2.78. The van der Waals surface area contributed by atoms with Crippen LogP contribution < -0.4 is 0 Å². The topological polar surface area (TPSA) is 26.3 Å². The molecule has 0 fully saturated rings. The monoisotopic (exact) mass is 350 g/mol. The Kier molecular flexibility index (Phi) is 20.1. The minimum atomic E-state index is -0.199. The van der Waals surface area contributed by atoms with Crippen LogP contribution in [0.25, 0.3) is 0 Å². The van der Waals surface area contributed by atoms with Gasteiger partial charge in [-0.1, -0.05) is 96.3 Å². The summed E-state index contributed by atoms with van der Waals surface area (Å²) >= 11 is 0. The number of carbonyl (C=O) groups is 1. The Bertz CT molecular complexity index is 331. The summed E-state index contributed by atoms with van der Waals surface area (Å²) in [5.74, 6) is -0.199. The Morgan fingerprint density at radius 3 is 1.72 bits per heavy atom. The number of unbranched alkanes of at least 4 members (excludes halogenated alkanes) is 12. The van der Waals surface area contributed by atoms with Crippen molar-refractivity contribution in [3.8, 4) is 0 Å². The van der Waals surface area contributed by atoms with Crippen LogP contribution >= 0.6 is 0 Å². The molecule has 0 unspecified atom stereocenters. The number of carbonyl (C=O) groups excluding carboxylic acids is 1. The Hall–Kier alpha value is -1.05. The second kappa shape index (κ2) is 21.0. The predicted octanol–water partition coefficient (Wildman–Crippen LogP) is 7.53. The van der Waals surface area contributed by atoms with E-state index in [0.29, 0.717) is 6.61 Å². The summed E-state index contributed by atoms with van der Waals surface area (Å²) in [6.45, 7) is 4.98. The highest BCUT2D eigenvalue weighted by Crippen LogP contribution is 2.08. The van der Waals surface area contributed by atoms with Gasteiger partial charge in [0.2, 0.25) is 0 Å². The average molecular weight is 351 g/mol. The van der Waals surface area contributed by atoms with Crippen molar-refractivity contribution in [3.63, 3.8) is 0 Å². The molecule has 25 heavy (non-hydrogen) atoms. The Labute approximate surface area is 157 Å². The highest BCUT2D eigenvalue weighted by atomic mass is 16.5. The third-order valence-electron chi connectivity index (χ3n) is 4.40. The number of esters is 1. The van der Waals surface area contributed by atoms with Gasteiger partial charge in [-0.3, -0.25) is 0 Å². The molecule has 0 aliphatic rings. The first kappa shape index (κ1) is 23.9. The fourth-order valence-corrected chi connectivity index (χ4v) is 2.78. The lowest BCUT2D eigenvalue weighted by Gasteiger charge is -2.00. The minimum Gasteiger partial charge on any atom is -0.462 e.